The number of anilines is 1. The van der Waals surface area contributed by atoms with Gasteiger partial charge in [0.05, 0.1) is 11.4 Å². The third-order valence-electron chi connectivity index (χ3n) is 3.59. The fraction of sp³-hybridized carbons (Fsp3) is 0.100. The molecule has 3 aromatic rings. The van der Waals surface area contributed by atoms with Crippen LogP contribution in [-0.4, -0.2) is 14.1 Å². The van der Waals surface area contributed by atoms with E-state index in [0.717, 1.165) is 28.2 Å². The molecule has 0 radical (unpaired) electrons. The summed E-state index contributed by atoms with van der Waals surface area (Å²) < 4.78 is 0. The molecule has 114 valence electrons. The molecule has 0 aliphatic carbocycles. The molecule has 3 heteroatoms. The molecule has 0 heterocycles. The van der Waals surface area contributed by atoms with Crippen molar-refractivity contribution in [1.29, 1.82) is 0 Å². The molecule has 0 bridgehead atoms. The number of hydrogen-bond acceptors (Lipinski definition) is 3. The highest BCUT2D eigenvalue weighted by atomic mass is 15.1. The molecule has 3 aromatic carbocycles. The predicted octanol–water partition coefficient (Wildman–Crippen LogP) is 5.84. The fourth-order valence-electron chi connectivity index (χ4n) is 2.49. The molecule has 3 nitrogen and oxygen atoms in total. The van der Waals surface area contributed by atoms with Gasteiger partial charge >= 0.3 is 0 Å². The Morgan fingerprint density at radius 2 is 1.30 bits per heavy atom. The van der Waals surface area contributed by atoms with Crippen molar-refractivity contribution in [3.05, 3.63) is 78.9 Å². The fourth-order valence-corrected chi connectivity index (χ4v) is 2.49. The Labute approximate surface area is 136 Å². The van der Waals surface area contributed by atoms with E-state index in [1.165, 1.54) is 0 Å². The highest BCUT2D eigenvalue weighted by Gasteiger charge is 2.11. The number of azo groups is 1. The van der Waals surface area contributed by atoms with Crippen molar-refractivity contribution in [1.82, 2.24) is 0 Å². The Balaban J connectivity index is 2.10. The van der Waals surface area contributed by atoms with Crippen LogP contribution in [0.15, 0.2) is 89.1 Å². The first-order chi connectivity index (χ1) is 11.3. The van der Waals surface area contributed by atoms with Crippen molar-refractivity contribution in [2.24, 2.45) is 10.2 Å². The maximum Gasteiger partial charge on any atom is 0.0956 e. The van der Waals surface area contributed by atoms with E-state index >= 15 is 0 Å². The van der Waals surface area contributed by atoms with E-state index in [0.29, 0.717) is 0 Å². The standard InChI is InChI=1S/C20H19N3/c1-23(2)19-15-9-14-18(20(19)16-10-5-3-6-11-16)22-21-17-12-7-4-8-13-17/h3-15H,1-2H3. The summed E-state index contributed by atoms with van der Waals surface area (Å²) in [5.41, 5.74) is 5.07. The van der Waals surface area contributed by atoms with Gasteiger partial charge in [-0.3, -0.25) is 0 Å². The van der Waals surface area contributed by atoms with Crippen molar-refractivity contribution < 1.29 is 0 Å². The van der Waals surface area contributed by atoms with Gasteiger partial charge in [0.1, 0.15) is 0 Å². The Hall–Kier alpha value is -2.94. The second kappa shape index (κ2) is 6.88. The Kier molecular flexibility index (Phi) is 4.48. The first kappa shape index (κ1) is 15.0. The SMILES string of the molecule is CN(C)c1cccc(N=Nc2ccccc2)c1-c1ccccc1. The zero-order chi connectivity index (χ0) is 16.1. The molecule has 0 N–H and O–H groups in total. The quantitative estimate of drug-likeness (QED) is 0.557. The lowest BCUT2D eigenvalue weighted by atomic mass is 10.0. The average molecular weight is 301 g/mol. The van der Waals surface area contributed by atoms with Crippen LogP contribution in [0, 0.1) is 0 Å². The maximum absolute atomic E-state index is 4.49. The summed E-state index contributed by atoms with van der Waals surface area (Å²) in [4.78, 5) is 2.10. The molecule has 0 atom stereocenters. The van der Waals surface area contributed by atoms with Crippen molar-refractivity contribution in [3.8, 4) is 11.1 Å². The second-order valence-corrected chi connectivity index (χ2v) is 5.47. The van der Waals surface area contributed by atoms with E-state index in [2.05, 4.69) is 33.3 Å². The molecule has 0 saturated heterocycles. The highest BCUT2D eigenvalue weighted by molar-refractivity contribution is 5.87. The van der Waals surface area contributed by atoms with Crippen LogP contribution in [-0.2, 0) is 0 Å². The molecular weight excluding hydrogens is 282 g/mol. The summed E-state index contributed by atoms with van der Waals surface area (Å²) in [5, 5.41) is 8.86. The zero-order valence-corrected chi connectivity index (χ0v) is 13.3. The summed E-state index contributed by atoms with van der Waals surface area (Å²) in [7, 11) is 4.08. The third-order valence-corrected chi connectivity index (χ3v) is 3.59. The summed E-state index contributed by atoms with van der Waals surface area (Å²) in [5.74, 6) is 0. The van der Waals surface area contributed by atoms with Crippen LogP contribution in [0.5, 0.6) is 0 Å². The lowest BCUT2D eigenvalue weighted by molar-refractivity contribution is 1.13. The van der Waals surface area contributed by atoms with Crippen molar-refractivity contribution >= 4 is 17.1 Å². The normalized spacial score (nSPS) is 10.9. The minimum Gasteiger partial charge on any atom is -0.377 e. The topological polar surface area (TPSA) is 28.0 Å². The molecule has 3 rings (SSSR count). The van der Waals surface area contributed by atoms with E-state index in [-0.39, 0.29) is 0 Å². The van der Waals surface area contributed by atoms with E-state index in [1.54, 1.807) is 0 Å². The minimum atomic E-state index is 0.849. The number of rotatable bonds is 4. The van der Waals surface area contributed by atoms with Gasteiger partial charge in [0.15, 0.2) is 0 Å². The van der Waals surface area contributed by atoms with Crippen LogP contribution < -0.4 is 4.90 Å². The number of hydrogen-bond donors (Lipinski definition) is 0. The second-order valence-electron chi connectivity index (χ2n) is 5.47. The summed E-state index contributed by atoms with van der Waals surface area (Å²) in [6, 6.07) is 26.2. The molecule has 0 amide bonds. The largest absolute Gasteiger partial charge is 0.377 e. The third kappa shape index (κ3) is 3.46. The van der Waals surface area contributed by atoms with Crippen LogP contribution in [0.4, 0.5) is 17.1 Å². The van der Waals surface area contributed by atoms with E-state index in [9.17, 15) is 0 Å². The van der Waals surface area contributed by atoms with Gasteiger partial charge in [0, 0.05) is 25.3 Å². The van der Waals surface area contributed by atoms with Gasteiger partial charge in [-0.15, -0.1) is 5.11 Å². The van der Waals surface area contributed by atoms with Gasteiger partial charge in [-0.05, 0) is 29.8 Å². The summed E-state index contributed by atoms with van der Waals surface area (Å²) >= 11 is 0. The Morgan fingerprint density at radius 3 is 1.96 bits per heavy atom. The van der Waals surface area contributed by atoms with Gasteiger partial charge in [0.25, 0.3) is 0 Å². The minimum absolute atomic E-state index is 0.849. The molecule has 0 aliphatic heterocycles. The highest BCUT2D eigenvalue weighted by Crippen LogP contribution is 2.38. The summed E-state index contributed by atoms with van der Waals surface area (Å²) in [6.07, 6.45) is 0. The Morgan fingerprint density at radius 1 is 0.652 bits per heavy atom. The van der Waals surface area contributed by atoms with Gasteiger partial charge in [-0.2, -0.15) is 5.11 Å². The van der Waals surface area contributed by atoms with Gasteiger partial charge in [-0.25, -0.2) is 0 Å². The predicted molar refractivity (Wildman–Crippen MR) is 96.8 cm³/mol. The van der Waals surface area contributed by atoms with Crippen molar-refractivity contribution in [2.45, 2.75) is 0 Å². The lowest BCUT2D eigenvalue weighted by Crippen LogP contribution is -2.09. The molecule has 0 saturated carbocycles. The lowest BCUT2D eigenvalue weighted by Gasteiger charge is -2.19. The van der Waals surface area contributed by atoms with Crippen molar-refractivity contribution in [2.75, 3.05) is 19.0 Å². The van der Waals surface area contributed by atoms with Crippen LogP contribution in [0.3, 0.4) is 0 Å². The number of nitrogens with zero attached hydrogens (tertiary/aromatic N) is 3. The Bertz CT molecular complexity index is 794. The maximum atomic E-state index is 4.49. The zero-order valence-electron chi connectivity index (χ0n) is 13.3. The van der Waals surface area contributed by atoms with Crippen molar-refractivity contribution in [3.63, 3.8) is 0 Å². The van der Waals surface area contributed by atoms with E-state index in [4.69, 9.17) is 0 Å². The van der Waals surface area contributed by atoms with E-state index in [1.807, 2.05) is 74.8 Å². The van der Waals surface area contributed by atoms with Gasteiger partial charge < -0.3 is 4.90 Å². The molecular formula is C20H19N3. The molecule has 23 heavy (non-hydrogen) atoms. The molecule has 0 aliphatic rings. The molecule has 0 aromatic heterocycles. The molecule has 0 spiro atoms. The van der Waals surface area contributed by atoms with Crippen LogP contribution >= 0.6 is 0 Å². The first-order valence-corrected chi connectivity index (χ1v) is 7.58. The monoisotopic (exact) mass is 301 g/mol. The molecule has 0 unspecified atom stereocenters. The van der Waals surface area contributed by atoms with Gasteiger partial charge in [0.2, 0.25) is 0 Å². The summed E-state index contributed by atoms with van der Waals surface area (Å²) in [6.45, 7) is 0. The van der Waals surface area contributed by atoms with Crippen LogP contribution in [0.25, 0.3) is 11.1 Å². The van der Waals surface area contributed by atoms with Crippen LogP contribution in [0.2, 0.25) is 0 Å². The molecule has 0 fully saturated rings. The van der Waals surface area contributed by atoms with Crippen LogP contribution in [0.1, 0.15) is 0 Å². The van der Waals surface area contributed by atoms with Gasteiger partial charge in [-0.1, -0.05) is 54.6 Å². The smallest absolute Gasteiger partial charge is 0.0956 e. The number of benzene rings is 3. The van der Waals surface area contributed by atoms with E-state index < -0.39 is 0 Å². The first-order valence-electron chi connectivity index (χ1n) is 7.58. The average Bonchev–Trinajstić information content (AvgIpc) is 2.61.